The SMILES string of the molecule is COC[C@@H](CO)N1CCNCC1. The highest BCUT2D eigenvalue weighted by molar-refractivity contribution is 4.75. The van der Waals surface area contributed by atoms with Crippen LogP contribution in [0.5, 0.6) is 0 Å². The Morgan fingerprint density at radius 1 is 1.50 bits per heavy atom. The smallest absolute Gasteiger partial charge is 0.0640 e. The second-order valence-electron chi connectivity index (χ2n) is 3.08. The van der Waals surface area contributed by atoms with Crippen LogP contribution in [0.4, 0.5) is 0 Å². The number of hydrogen-bond donors (Lipinski definition) is 2. The van der Waals surface area contributed by atoms with Gasteiger partial charge in [-0.2, -0.15) is 0 Å². The van der Waals surface area contributed by atoms with Crippen LogP contribution in [0, 0.1) is 0 Å². The Labute approximate surface area is 73.5 Å². The zero-order valence-electron chi connectivity index (χ0n) is 7.62. The van der Waals surface area contributed by atoms with Crippen molar-refractivity contribution >= 4 is 0 Å². The molecule has 1 rings (SSSR count). The summed E-state index contributed by atoms with van der Waals surface area (Å²) < 4.78 is 5.03. The fourth-order valence-corrected chi connectivity index (χ4v) is 1.51. The van der Waals surface area contributed by atoms with E-state index in [2.05, 4.69) is 10.2 Å². The van der Waals surface area contributed by atoms with Crippen molar-refractivity contribution in [3.8, 4) is 0 Å². The molecule has 1 aliphatic rings. The number of nitrogens with one attached hydrogen (secondary N) is 1. The Bertz CT molecular complexity index is 113. The van der Waals surface area contributed by atoms with E-state index in [1.165, 1.54) is 0 Å². The molecule has 0 spiro atoms. The number of ether oxygens (including phenoxy) is 1. The Hall–Kier alpha value is -0.160. The fourth-order valence-electron chi connectivity index (χ4n) is 1.51. The van der Waals surface area contributed by atoms with Crippen LogP contribution in [0.15, 0.2) is 0 Å². The van der Waals surface area contributed by atoms with E-state index in [0.717, 1.165) is 26.2 Å². The minimum absolute atomic E-state index is 0.178. The van der Waals surface area contributed by atoms with Crippen LogP contribution in [0.2, 0.25) is 0 Å². The van der Waals surface area contributed by atoms with E-state index < -0.39 is 0 Å². The number of nitrogens with zero attached hydrogens (tertiary/aromatic N) is 1. The normalized spacial score (nSPS) is 22.5. The predicted molar refractivity (Wildman–Crippen MR) is 47.2 cm³/mol. The van der Waals surface area contributed by atoms with Crippen LogP contribution in [-0.2, 0) is 4.74 Å². The monoisotopic (exact) mass is 174 g/mol. The summed E-state index contributed by atoms with van der Waals surface area (Å²) in [4.78, 5) is 2.26. The summed E-state index contributed by atoms with van der Waals surface area (Å²) in [6.45, 7) is 4.86. The maximum atomic E-state index is 9.07. The summed E-state index contributed by atoms with van der Waals surface area (Å²) in [5.41, 5.74) is 0. The first kappa shape index (κ1) is 9.92. The van der Waals surface area contributed by atoms with Gasteiger partial charge >= 0.3 is 0 Å². The van der Waals surface area contributed by atoms with Gasteiger partial charge in [0.1, 0.15) is 0 Å². The van der Waals surface area contributed by atoms with Crippen LogP contribution >= 0.6 is 0 Å². The van der Waals surface area contributed by atoms with Crippen LogP contribution < -0.4 is 5.32 Å². The highest BCUT2D eigenvalue weighted by atomic mass is 16.5. The lowest BCUT2D eigenvalue weighted by molar-refractivity contribution is 0.0460. The van der Waals surface area contributed by atoms with Gasteiger partial charge in [-0.1, -0.05) is 0 Å². The molecule has 0 aromatic heterocycles. The summed E-state index contributed by atoms with van der Waals surface area (Å²) in [7, 11) is 1.67. The van der Waals surface area contributed by atoms with E-state index in [1.807, 2.05) is 0 Å². The van der Waals surface area contributed by atoms with Gasteiger partial charge < -0.3 is 15.2 Å². The first-order chi connectivity index (χ1) is 5.88. The molecular formula is C8H18N2O2. The van der Waals surface area contributed by atoms with Crippen molar-refractivity contribution in [1.82, 2.24) is 10.2 Å². The Morgan fingerprint density at radius 3 is 2.67 bits per heavy atom. The number of hydrogen-bond acceptors (Lipinski definition) is 4. The van der Waals surface area contributed by atoms with Crippen molar-refractivity contribution < 1.29 is 9.84 Å². The van der Waals surface area contributed by atoms with Crippen LogP contribution in [0.25, 0.3) is 0 Å². The van der Waals surface area contributed by atoms with Crippen molar-refractivity contribution in [2.24, 2.45) is 0 Å². The number of methoxy groups -OCH3 is 1. The molecule has 0 aromatic carbocycles. The maximum Gasteiger partial charge on any atom is 0.0640 e. The predicted octanol–water partition coefficient (Wildman–Crippen LogP) is -1.10. The Morgan fingerprint density at radius 2 is 2.17 bits per heavy atom. The molecular weight excluding hydrogens is 156 g/mol. The average Bonchev–Trinajstić information content (AvgIpc) is 2.15. The third-order valence-electron chi connectivity index (χ3n) is 2.24. The summed E-state index contributed by atoms with van der Waals surface area (Å²) in [6, 6.07) is 0.178. The van der Waals surface area contributed by atoms with Gasteiger partial charge in [0.15, 0.2) is 0 Å². The highest BCUT2D eigenvalue weighted by Gasteiger charge is 2.18. The first-order valence-corrected chi connectivity index (χ1v) is 4.43. The largest absolute Gasteiger partial charge is 0.395 e. The fraction of sp³-hybridized carbons (Fsp3) is 1.00. The topological polar surface area (TPSA) is 44.7 Å². The molecule has 0 saturated carbocycles. The molecule has 0 radical (unpaired) electrons. The number of piperazine rings is 1. The lowest BCUT2D eigenvalue weighted by Gasteiger charge is -2.33. The van der Waals surface area contributed by atoms with E-state index in [4.69, 9.17) is 9.84 Å². The van der Waals surface area contributed by atoms with Gasteiger partial charge in [0.05, 0.1) is 19.3 Å². The molecule has 12 heavy (non-hydrogen) atoms. The van der Waals surface area contributed by atoms with Crippen LogP contribution in [0.1, 0.15) is 0 Å². The first-order valence-electron chi connectivity index (χ1n) is 4.43. The van der Waals surface area contributed by atoms with Gasteiger partial charge in [0.2, 0.25) is 0 Å². The highest BCUT2D eigenvalue weighted by Crippen LogP contribution is 2.00. The average molecular weight is 174 g/mol. The van der Waals surface area contributed by atoms with Gasteiger partial charge in [-0.25, -0.2) is 0 Å². The number of aliphatic hydroxyl groups is 1. The van der Waals surface area contributed by atoms with Gasteiger partial charge in [-0.05, 0) is 0 Å². The van der Waals surface area contributed by atoms with E-state index in [0.29, 0.717) is 6.61 Å². The third kappa shape index (κ3) is 2.71. The van der Waals surface area contributed by atoms with Gasteiger partial charge in [-0.15, -0.1) is 0 Å². The van der Waals surface area contributed by atoms with Gasteiger partial charge in [0, 0.05) is 33.3 Å². The molecule has 0 aromatic rings. The molecule has 4 heteroatoms. The molecule has 2 N–H and O–H groups in total. The van der Waals surface area contributed by atoms with Crippen molar-refractivity contribution in [2.75, 3.05) is 46.5 Å². The van der Waals surface area contributed by atoms with E-state index in [-0.39, 0.29) is 12.6 Å². The lowest BCUT2D eigenvalue weighted by Crippen LogP contribution is -2.51. The molecule has 0 bridgehead atoms. The molecule has 1 fully saturated rings. The summed E-state index contributed by atoms with van der Waals surface area (Å²) in [5.74, 6) is 0. The number of aliphatic hydroxyl groups excluding tert-OH is 1. The molecule has 1 atom stereocenters. The van der Waals surface area contributed by atoms with Gasteiger partial charge in [0.25, 0.3) is 0 Å². The van der Waals surface area contributed by atoms with Crippen molar-refractivity contribution in [3.63, 3.8) is 0 Å². The molecule has 1 aliphatic heterocycles. The van der Waals surface area contributed by atoms with Crippen LogP contribution in [0.3, 0.4) is 0 Å². The van der Waals surface area contributed by atoms with E-state index in [9.17, 15) is 0 Å². The quantitative estimate of drug-likeness (QED) is 0.568. The number of rotatable bonds is 4. The standard InChI is InChI=1S/C8H18N2O2/c1-12-7-8(6-11)10-4-2-9-3-5-10/h8-9,11H,2-7H2,1H3/t8-/m1/s1. The molecule has 1 saturated heterocycles. The summed E-state index contributed by atoms with van der Waals surface area (Å²) in [6.07, 6.45) is 0. The Kier molecular flexibility index (Phi) is 4.53. The minimum Gasteiger partial charge on any atom is -0.395 e. The molecule has 72 valence electrons. The minimum atomic E-state index is 0.178. The van der Waals surface area contributed by atoms with Crippen molar-refractivity contribution in [2.45, 2.75) is 6.04 Å². The Balaban J connectivity index is 2.29. The molecule has 4 nitrogen and oxygen atoms in total. The second-order valence-corrected chi connectivity index (χ2v) is 3.08. The van der Waals surface area contributed by atoms with Gasteiger partial charge in [-0.3, -0.25) is 4.90 Å². The van der Waals surface area contributed by atoms with Crippen LogP contribution in [-0.4, -0.2) is 62.6 Å². The summed E-state index contributed by atoms with van der Waals surface area (Å²) >= 11 is 0. The zero-order valence-corrected chi connectivity index (χ0v) is 7.62. The van der Waals surface area contributed by atoms with E-state index >= 15 is 0 Å². The third-order valence-corrected chi connectivity index (χ3v) is 2.24. The van der Waals surface area contributed by atoms with Crippen molar-refractivity contribution in [1.29, 1.82) is 0 Å². The van der Waals surface area contributed by atoms with Crippen molar-refractivity contribution in [3.05, 3.63) is 0 Å². The second kappa shape index (κ2) is 5.48. The van der Waals surface area contributed by atoms with E-state index in [1.54, 1.807) is 7.11 Å². The summed E-state index contributed by atoms with van der Waals surface area (Å²) in [5, 5.41) is 12.3. The molecule has 0 aliphatic carbocycles. The zero-order chi connectivity index (χ0) is 8.81. The maximum absolute atomic E-state index is 9.07. The molecule has 0 unspecified atom stereocenters. The lowest BCUT2D eigenvalue weighted by atomic mass is 10.2. The molecule has 1 heterocycles. The molecule has 0 amide bonds.